The molecule has 0 amide bonds. The number of aliphatic hydroxyl groups is 1. The molecule has 0 aliphatic carbocycles. The highest BCUT2D eigenvalue weighted by Crippen LogP contribution is 2.25. The number of nitrogens with zero attached hydrogens (tertiary/aromatic N) is 2. The van der Waals surface area contributed by atoms with Gasteiger partial charge in [-0.2, -0.15) is 0 Å². The lowest BCUT2D eigenvalue weighted by atomic mass is 10.1. The molecule has 106 valence electrons. The fourth-order valence-electron chi connectivity index (χ4n) is 1.95. The van der Waals surface area contributed by atoms with E-state index in [1.54, 1.807) is 12.1 Å². The van der Waals surface area contributed by atoms with Crippen LogP contribution in [0.1, 0.15) is 31.0 Å². The molecule has 0 saturated carbocycles. The van der Waals surface area contributed by atoms with Crippen LogP contribution < -0.4 is 4.90 Å². The van der Waals surface area contributed by atoms with Crippen LogP contribution in [0.25, 0.3) is 0 Å². The molecule has 2 rings (SSSR count). The van der Waals surface area contributed by atoms with Gasteiger partial charge in [-0.3, -0.25) is 0 Å². The highest BCUT2D eigenvalue weighted by atomic mass is 19.1. The van der Waals surface area contributed by atoms with Crippen LogP contribution in [0.3, 0.4) is 0 Å². The van der Waals surface area contributed by atoms with Gasteiger partial charge >= 0.3 is 0 Å². The quantitative estimate of drug-likeness (QED) is 0.925. The minimum Gasteiger partial charge on any atom is -0.392 e. The lowest BCUT2D eigenvalue weighted by Crippen LogP contribution is -2.13. The van der Waals surface area contributed by atoms with Crippen molar-refractivity contribution in [3.05, 3.63) is 53.5 Å². The van der Waals surface area contributed by atoms with Gasteiger partial charge in [0.05, 0.1) is 6.61 Å². The van der Waals surface area contributed by atoms with E-state index in [0.717, 1.165) is 22.8 Å². The number of halogens is 1. The molecule has 0 radical (unpaired) electrons. The molecule has 1 aromatic heterocycles. The van der Waals surface area contributed by atoms with E-state index in [4.69, 9.17) is 0 Å². The summed E-state index contributed by atoms with van der Waals surface area (Å²) in [5.41, 5.74) is 2.61. The normalized spacial score (nSPS) is 10.9. The van der Waals surface area contributed by atoms with Crippen molar-refractivity contribution in [2.45, 2.75) is 26.4 Å². The van der Waals surface area contributed by atoms with Crippen LogP contribution in [0.15, 0.2) is 36.4 Å². The number of hydrogen-bond donors (Lipinski definition) is 1. The molecule has 0 aliphatic heterocycles. The Morgan fingerprint density at radius 1 is 1.20 bits per heavy atom. The maximum absolute atomic E-state index is 13.0. The molecule has 0 fully saturated rings. The first-order valence-corrected chi connectivity index (χ1v) is 6.62. The van der Waals surface area contributed by atoms with E-state index < -0.39 is 0 Å². The van der Waals surface area contributed by atoms with Gasteiger partial charge in [0.2, 0.25) is 0 Å². The molecule has 0 bridgehead atoms. The molecule has 1 aromatic carbocycles. The van der Waals surface area contributed by atoms with E-state index in [1.165, 1.54) is 12.1 Å². The smallest absolute Gasteiger partial charge is 0.133 e. The van der Waals surface area contributed by atoms with Gasteiger partial charge in [0.15, 0.2) is 0 Å². The second kappa shape index (κ2) is 6.01. The summed E-state index contributed by atoms with van der Waals surface area (Å²) in [7, 11) is 1.88. The maximum atomic E-state index is 13.0. The minimum atomic E-state index is -0.262. The van der Waals surface area contributed by atoms with Gasteiger partial charge in [0, 0.05) is 18.4 Å². The van der Waals surface area contributed by atoms with Gasteiger partial charge < -0.3 is 10.0 Å². The topological polar surface area (TPSA) is 36.4 Å². The van der Waals surface area contributed by atoms with Gasteiger partial charge in [0.1, 0.15) is 11.6 Å². The summed E-state index contributed by atoms with van der Waals surface area (Å²) >= 11 is 0. The lowest BCUT2D eigenvalue weighted by Gasteiger charge is -2.20. The molecular weight excluding hydrogens is 255 g/mol. The fourth-order valence-corrected chi connectivity index (χ4v) is 1.95. The van der Waals surface area contributed by atoms with Crippen molar-refractivity contribution >= 4 is 11.5 Å². The Morgan fingerprint density at radius 2 is 1.85 bits per heavy atom. The van der Waals surface area contributed by atoms with Crippen LogP contribution in [-0.4, -0.2) is 17.1 Å². The predicted octanol–water partition coefficient (Wildman–Crippen LogP) is 3.60. The Kier molecular flexibility index (Phi) is 4.35. The van der Waals surface area contributed by atoms with E-state index in [-0.39, 0.29) is 18.3 Å². The lowest BCUT2D eigenvalue weighted by molar-refractivity contribution is 0.281. The van der Waals surface area contributed by atoms with Crippen molar-refractivity contribution in [3.8, 4) is 0 Å². The Bertz CT molecular complexity index is 582. The molecule has 1 N–H and O–H groups in total. The molecule has 0 unspecified atom stereocenters. The average molecular weight is 274 g/mol. The van der Waals surface area contributed by atoms with Crippen LogP contribution in [0.5, 0.6) is 0 Å². The standard InChI is InChI=1S/C16H19FN2O/c1-11(2)15-8-12(10-20)9-16(18-15)19(3)14-6-4-13(17)5-7-14/h4-9,11,20H,10H2,1-3H3. The van der Waals surface area contributed by atoms with E-state index in [1.807, 2.05) is 24.1 Å². The second-order valence-electron chi connectivity index (χ2n) is 5.11. The van der Waals surface area contributed by atoms with Gasteiger partial charge in [-0.25, -0.2) is 9.37 Å². The number of benzene rings is 1. The number of anilines is 2. The van der Waals surface area contributed by atoms with Gasteiger partial charge in [-0.1, -0.05) is 13.8 Å². The number of aliphatic hydroxyl groups excluding tert-OH is 1. The highest BCUT2D eigenvalue weighted by Gasteiger charge is 2.10. The number of pyridine rings is 1. The van der Waals surface area contributed by atoms with Crippen molar-refractivity contribution < 1.29 is 9.50 Å². The third-order valence-corrected chi connectivity index (χ3v) is 3.22. The highest BCUT2D eigenvalue weighted by molar-refractivity contribution is 5.59. The van der Waals surface area contributed by atoms with Gasteiger partial charge in [-0.15, -0.1) is 0 Å². The third-order valence-electron chi connectivity index (χ3n) is 3.22. The number of rotatable bonds is 4. The molecule has 1 heterocycles. The molecule has 0 spiro atoms. The zero-order valence-corrected chi connectivity index (χ0v) is 12.0. The first-order chi connectivity index (χ1) is 9.51. The minimum absolute atomic E-state index is 0.0213. The summed E-state index contributed by atoms with van der Waals surface area (Å²) in [6.07, 6.45) is 0. The molecule has 0 aliphatic rings. The summed E-state index contributed by atoms with van der Waals surface area (Å²) in [6, 6.07) is 10.0. The maximum Gasteiger partial charge on any atom is 0.133 e. The van der Waals surface area contributed by atoms with Crippen molar-refractivity contribution in [3.63, 3.8) is 0 Å². The van der Waals surface area contributed by atoms with Crippen LogP contribution in [0.4, 0.5) is 15.9 Å². The Labute approximate surface area is 118 Å². The first kappa shape index (κ1) is 14.5. The Hall–Kier alpha value is -1.94. The average Bonchev–Trinajstić information content (AvgIpc) is 2.46. The molecule has 4 heteroatoms. The zero-order valence-electron chi connectivity index (χ0n) is 12.0. The summed E-state index contributed by atoms with van der Waals surface area (Å²) in [5.74, 6) is 0.760. The number of hydrogen-bond acceptors (Lipinski definition) is 3. The molecule has 20 heavy (non-hydrogen) atoms. The van der Waals surface area contributed by atoms with Crippen LogP contribution in [0.2, 0.25) is 0 Å². The van der Waals surface area contributed by atoms with Crippen LogP contribution >= 0.6 is 0 Å². The monoisotopic (exact) mass is 274 g/mol. The van der Waals surface area contributed by atoms with Crippen molar-refractivity contribution in [1.82, 2.24) is 4.98 Å². The van der Waals surface area contributed by atoms with Crippen LogP contribution in [-0.2, 0) is 6.61 Å². The van der Waals surface area contributed by atoms with Gasteiger partial charge in [0.25, 0.3) is 0 Å². The van der Waals surface area contributed by atoms with E-state index in [9.17, 15) is 9.50 Å². The molecular formula is C16H19FN2O. The summed E-state index contributed by atoms with van der Waals surface area (Å²) in [6.45, 7) is 4.10. The predicted molar refractivity (Wildman–Crippen MR) is 78.7 cm³/mol. The molecule has 3 nitrogen and oxygen atoms in total. The summed E-state index contributed by atoms with van der Waals surface area (Å²) in [4.78, 5) is 6.48. The molecule has 0 saturated heterocycles. The fraction of sp³-hybridized carbons (Fsp3) is 0.312. The molecule has 2 aromatic rings. The third kappa shape index (κ3) is 3.14. The first-order valence-electron chi connectivity index (χ1n) is 6.62. The molecule has 0 atom stereocenters. The zero-order chi connectivity index (χ0) is 14.7. The Morgan fingerprint density at radius 3 is 2.40 bits per heavy atom. The Balaban J connectivity index is 2.40. The summed E-state index contributed by atoms with van der Waals surface area (Å²) < 4.78 is 13.0. The van der Waals surface area contributed by atoms with Crippen molar-refractivity contribution in [1.29, 1.82) is 0 Å². The largest absolute Gasteiger partial charge is 0.392 e. The van der Waals surface area contributed by atoms with Crippen LogP contribution in [0, 0.1) is 5.82 Å². The summed E-state index contributed by atoms with van der Waals surface area (Å²) in [5, 5.41) is 9.36. The number of aromatic nitrogens is 1. The SMILES string of the molecule is CC(C)c1cc(CO)cc(N(C)c2ccc(F)cc2)n1. The van der Waals surface area contributed by atoms with Crippen molar-refractivity contribution in [2.75, 3.05) is 11.9 Å². The van der Waals surface area contributed by atoms with Gasteiger partial charge in [-0.05, 0) is 47.9 Å². The second-order valence-corrected chi connectivity index (χ2v) is 5.11. The van der Waals surface area contributed by atoms with E-state index in [2.05, 4.69) is 18.8 Å². The van der Waals surface area contributed by atoms with E-state index in [0.29, 0.717) is 0 Å². The van der Waals surface area contributed by atoms with Crippen molar-refractivity contribution in [2.24, 2.45) is 0 Å². The van der Waals surface area contributed by atoms with E-state index >= 15 is 0 Å².